The molecule has 0 bridgehead atoms. The summed E-state index contributed by atoms with van der Waals surface area (Å²) in [6, 6.07) is 7.47. The van der Waals surface area contributed by atoms with Gasteiger partial charge in [0.15, 0.2) is 11.0 Å². The molecule has 114 valence electrons. The summed E-state index contributed by atoms with van der Waals surface area (Å²) in [4.78, 5) is 0. The Kier molecular flexibility index (Phi) is 5.57. The van der Waals surface area contributed by atoms with E-state index >= 15 is 0 Å². The van der Waals surface area contributed by atoms with E-state index < -0.39 is 6.10 Å². The molecule has 0 amide bonds. The van der Waals surface area contributed by atoms with Crippen LogP contribution in [-0.2, 0) is 6.54 Å². The lowest BCUT2D eigenvalue weighted by Gasteiger charge is -2.11. The molecule has 1 atom stereocenters. The lowest BCUT2D eigenvalue weighted by Crippen LogP contribution is -2.15. The van der Waals surface area contributed by atoms with Crippen molar-refractivity contribution in [1.82, 2.24) is 14.8 Å². The maximum atomic E-state index is 9.45. The Morgan fingerprint density at radius 3 is 2.90 bits per heavy atom. The second kappa shape index (κ2) is 7.41. The predicted molar refractivity (Wildman–Crippen MR) is 79.6 cm³/mol. The van der Waals surface area contributed by atoms with Gasteiger partial charge in [0.05, 0.1) is 32.1 Å². The molecule has 0 saturated heterocycles. The fourth-order valence-corrected chi connectivity index (χ4v) is 2.64. The van der Waals surface area contributed by atoms with Gasteiger partial charge >= 0.3 is 0 Å². The molecule has 0 aliphatic carbocycles. The average Bonchev–Trinajstić information content (AvgIpc) is 2.95. The molecule has 4 N–H and O–H groups in total. The standard InChI is InChI=1S/C13H18N4O3S/c1-20-11-4-2-3-9(5-11)17-12(6-14)15-16-13(17)21-8-10(19)7-18/h2-5,10,18-19H,6-8,14H2,1H3/t10-/m0/s1. The van der Waals surface area contributed by atoms with Crippen LogP contribution in [0.1, 0.15) is 5.82 Å². The van der Waals surface area contributed by atoms with Gasteiger partial charge in [0.2, 0.25) is 0 Å². The molecule has 1 heterocycles. The number of nitrogens with two attached hydrogens (primary N) is 1. The van der Waals surface area contributed by atoms with Gasteiger partial charge in [-0.25, -0.2) is 0 Å². The number of aliphatic hydroxyl groups excluding tert-OH is 2. The van der Waals surface area contributed by atoms with Crippen molar-refractivity contribution in [2.45, 2.75) is 17.8 Å². The van der Waals surface area contributed by atoms with Gasteiger partial charge in [-0.15, -0.1) is 10.2 Å². The number of thioether (sulfide) groups is 1. The monoisotopic (exact) mass is 310 g/mol. The maximum Gasteiger partial charge on any atom is 0.195 e. The van der Waals surface area contributed by atoms with E-state index in [0.717, 1.165) is 11.4 Å². The van der Waals surface area contributed by atoms with Crippen molar-refractivity contribution in [2.24, 2.45) is 5.73 Å². The number of hydrogen-bond donors (Lipinski definition) is 3. The van der Waals surface area contributed by atoms with Crippen molar-refractivity contribution in [2.75, 3.05) is 19.5 Å². The Balaban J connectivity index is 2.33. The van der Waals surface area contributed by atoms with Crippen molar-refractivity contribution in [1.29, 1.82) is 0 Å². The Labute approximate surface area is 126 Å². The first-order valence-electron chi connectivity index (χ1n) is 6.40. The molecule has 0 fully saturated rings. The highest BCUT2D eigenvalue weighted by Crippen LogP contribution is 2.24. The first-order chi connectivity index (χ1) is 10.2. The van der Waals surface area contributed by atoms with Crippen LogP contribution in [0.15, 0.2) is 29.4 Å². The van der Waals surface area contributed by atoms with E-state index in [9.17, 15) is 5.11 Å². The van der Waals surface area contributed by atoms with Crippen LogP contribution in [0.4, 0.5) is 0 Å². The number of nitrogens with zero attached hydrogens (tertiary/aromatic N) is 3. The molecule has 0 unspecified atom stereocenters. The topological polar surface area (TPSA) is 106 Å². The SMILES string of the molecule is COc1cccc(-n2c(CN)nnc2SC[C@@H](O)CO)c1. The summed E-state index contributed by atoms with van der Waals surface area (Å²) in [6.45, 7) is -0.0443. The van der Waals surface area contributed by atoms with Crippen LogP contribution >= 0.6 is 11.8 Å². The summed E-state index contributed by atoms with van der Waals surface area (Å²) < 4.78 is 7.03. The minimum absolute atomic E-state index is 0.243. The number of aromatic nitrogens is 3. The lowest BCUT2D eigenvalue weighted by molar-refractivity contribution is 0.113. The molecular weight excluding hydrogens is 292 g/mol. The number of benzene rings is 1. The van der Waals surface area contributed by atoms with Crippen LogP contribution in [0.5, 0.6) is 5.75 Å². The third kappa shape index (κ3) is 3.73. The summed E-state index contributed by atoms with van der Waals surface area (Å²) in [5.41, 5.74) is 6.53. The first-order valence-corrected chi connectivity index (χ1v) is 7.38. The molecule has 0 aliphatic rings. The third-order valence-corrected chi connectivity index (χ3v) is 3.88. The number of aliphatic hydroxyl groups is 2. The molecule has 8 heteroatoms. The minimum atomic E-state index is -0.799. The molecule has 0 radical (unpaired) electrons. The number of rotatable bonds is 7. The summed E-state index contributed by atoms with van der Waals surface area (Å²) in [5, 5.41) is 27.1. The fourth-order valence-electron chi connectivity index (χ4n) is 1.76. The van der Waals surface area contributed by atoms with Crippen LogP contribution in [0, 0.1) is 0 Å². The minimum Gasteiger partial charge on any atom is -0.497 e. The van der Waals surface area contributed by atoms with E-state index in [1.165, 1.54) is 11.8 Å². The molecule has 0 spiro atoms. The molecule has 0 aliphatic heterocycles. The lowest BCUT2D eigenvalue weighted by atomic mass is 10.3. The summed E-state index contributed by atoms with van der Waals surface area (Å²) in [7, 11) is 1.60. The van der Waals surface area contributed by atoms with E-state index in [1.54, 1.807) is 7.11 Å². The average molecular weight is 310 g/mol. The van der Waals surface area contributed by atoms with Gasteiger partial charge in [0.1, 0.15) is 5.75 Å². The zero-order valence-corrected chi connectivity index (χ0v) is 12.5. The normalized spacial score (nSPS) is 12.4. The predicted octanol–water partition coefficient (Wildman–Crippen LogP) is 0.180. The van der Waals surface area contributed by atoms with Crippen molar-refractivity contribution in [3.63, 3.8) is 0 Å². The van der Waals surface area contributed by atoms with E-state index in [1.807, 2.05) is 28.8 Å². The van der Waals surface area contributed by atoms with E-state index in [-0.39, 0.29) is 13.2 Å². The van der Waals surface area contributed by atoms with E-state index in [2.05, 4.69) is 10.2 Å². The molecule has 1 aromatic heterocycles. The molecular formula is C13H18N4O3S. The Morgan fingerprint density at radius 2 is 2.24 bits per heavy atom. The molecule has 0 saturated carbocycles. The van der Waals surface area contributed by atoms with E-state index in [4.69, 9.17) is 15.6 Å². The first kappa shape index (κ1) is 15.8. The maximum absolute atomic E-state index is 9.45. The van der Waals surface area contributed by atoms with Gasteiger partial charge < -0.3 is 20.7 Å². The van der Waals surface area contributed by atoms with Gasteiger partial charge in [0, 0.05) is 11.8 Å². The van der Waals surface area contributed by atoms with Crippen LogP contribution in [0.3, 0.4) is 0 Å². The number of methoxy groups -OCH3 is 1. The smallest absolute Gasteiger partial charge is 0.195 e. The van der Waals surface area contributed by atoms with Gasteiger partial charge in [-0.2, -0.15) is 0 Å². The molecule has 2 aromatic rings. The fraction of sp³-hybridized carbons (Fsp3) is 0.385. The van der Waals surface area contributed by atoms with Crippen LogP contribution in [0.2, 0.25) is 0 Å². The van der Waals surface area contributed by atoms with Gasteiger partial charge in [-0.05, 0) is 12.1 Å². The Bertz CT molecular complexity index is 591. The van der Waals surface area contributed by atoms with Crippen LogP contribution in [-0.4, -0.2) is 50.6 Å². The Hall–Kier alpha value is -1.61. The summed E-state index contributed by atoms with van der Waals surface area (Å²) in [5.74, 6) is 1.66. The second-order valence-corrected chi connectivity index (χ2v) is 5.27. The van der Waals surface area contributed by atoms with Crippen molar-refractivity contribution < 1.29 is 14.9 Å². The van der Waals surface area contributed by atoms with Crippen molar-refractivity contribution in [3.8, 4) is 11.4 Å². The zero-order chi connectivity index (χ0) is 15.2. The summed E-state index contributed by atoms with van der Waals surface area (Å²) >= 11 is 1.31. The largest absolute Gasteiger partial charge is 0.497 e. The van der Waals surface area contributed by atoms with Crippen molar-refractivity contribution in [3.05, 3.63) is 30.1 Å². The van der Waals surface area contributed by atoms with Crippen LogP contribution in [0.25, 0.3) is 5.69 Å². The highest BCUT2D eigenvalue weighted by atomic mass is 32.2. The molecule has 21 heavy (non-hydrogen) atoms. The molecule has 2 rings (SSSR count). The van der Waals surface area contributed by atoms with Crippen molar-refractivity contribution >= 4 is 11.8 Å². The Morgan fingerprint density at radius 1 is 1.43 bits per heavy atom. The van der Waals surface area contributed by atoms with Crippen LogP contribution < -0.4 is 10.5 Å². The second-order valence-electron chi connectivity index (χ2n) is 4.29. The van der Waals surface area contributed by atoms with Gasteiger partial charge in [-0.3, -0.25) is 4.57 Å². The summed E-state index contributed by atoms with van der Waals surface area (Å²) in [6.07, 6.45) is -0.799. The van der Waals surface area contributed by atoms with Gasteiger partial charge in [-0.1, -0.05) is 17.8 Å². The quantitative estimate of drug-likeness (QED) is 0.626. The highest BCUT2D eigenvalue weighted by molar-refractivity contribution is 7.99. The number of ether oxygens (including phenoxy) is 1. The number of hydrogen-bond acceptors (Lipinski definition) is 7. The van der Waals surface area contributed by atoms with Gasteiger partial charge in [0.25, 0.3) is 0 Å². The highest BCUT2D eigenvalue weighted by Gasteiger charge is 2.15. The third-order valence-electron chi connectivity index (χ3n) is 2.81. The van der Waals surface area contributed by atoms with E-state index in [0.29, 0.717) is 16.7 Å². The zero-order valence-electron chi connectivity index (χ0n) is 11.6. The molecule has 7 nitrogen and oxygen atoms in total. The molecule has 1 aromatic carbocycles.